The van der Waals surface area contributed by atoms with Crippen LogP contribution in [0.3, 0.4) is 0 Å². The highest BCUT2D eigenvalue weighted by atomic mass is 19.4. The molecule has 0 spiro atoms. The minimum Gasteiger partial charge on any atom is -0.270 e. The van der Waals surface area contributed by atoms with Gasteiger partial charge in [0.1, 0.15) is 0 Å². The molecule has 0 fully saturated rings. The molecule has 0 saturated heterocycles. The van der Waals surface area contributed by atoms with Gasteiger partial charge in [0, 0.05) is 18.6 Å². The molecule has 0 heterocycles. The smallest absolute Gasteiger partial charge is 0.270 e. The Labute approximate surface area is 166 Å². The topological polar surface area (TPSA) is 142 Å². The van der Waals surface area contributed by atoms with E-state index in [4.69, 9.17) is 0 Å². The summed E-state index contributed by atoms with van der Waals surface area (Å²) < 4.78 is 39.1. The number of hydrogen-bond acceptors (Lipinski definition) is 8. The fourth-order valence-electron chi connectivity index (χ4n) is 2.33. The second-order valence-corrected chi connectivity index (χ2v) is 5.70. The van der Waals surface area contributed by atoms with Crippen LogP contribution in [0.4, 0.5) is 35.9 Å². The minimum absolute atomic E-state index is 0.000451. The molecule has 160 valence electrons. The van der Waals surface area contributed by atoms with Crippen LogP contribution in [-0.4, -0.2) is 26.1 Å². The van der Waals surface area contributed by atoms with Gasteiger partial charge in [-0.3, -0.25) is 35.7 Å². The second-order valence-electron chi connectivity index (χ2n) is 5.70. The van der Waals surface area contributed by atoms with Crippen LogP contribution < -0.4 is 10.5 Å². The van der Waals surface area contributed by atoms with Crippen LogP contribution in [0, 0.1) is 20.2 Å². The van der Waals surface area contributed by atoms with E-state index < -0.39 is 44.6 Å². The van der Waals surface area contributed by atoms with Crippen molar-refractivity contribution in [2.24, 2.45) is 0 Å². The van der Waals surface area contributed by atoms with E-state index in [0.29, 0.717) is 5.12 Å². The fourth-order valence-corrected chi connectivity index (χ4v) is 2.33. The van der Waals surface area contributed by atoms with Gasteiger partial charge < -0.3 is 0 Å². The molecular weight excluding hydrogens is 415 g/mol. The highest BCUT2D eigenvalue weighted by molar-refractivity contribution is 5.80. The molecule has 2 aromatic carbocycles. The average Bonchev–Trinajstić information content (AvgIpc) is 2.70. The third kappa shape index (κ3) is 4.72. The number of nitro benzene ring substituents is 2. The molecule has 11 nitrogen and oxygen atoms in total. The Kier molecular flexibility index (Phi) is 6.41. The van der Waals surface area contributed by atoms with Crippen LogP contribution in [-0.2, 0) is 11.0 Å². The number of para-hydroxylation sites is 1. The summed E-state index contributed by atoms with van der Waals surface area (Å²) in [4.78, 5) is 32.1. The highest BCUT2D eigenvalue weighted by Crippen LogP contribution is 2.41. The number of nitrogens with zero attached hydrogens (tertiary/aromatic N) is 4. The van der Waals surface area contributed by atoms with Gasteiger partial charge in [-0.25, -0.2) is 0 Å². The summed E-state index contributed by atoms with van der Waals surface area (Å²) in [7, 11) is 0. The molecule has 0 atom stereocenters. The van der Waals surface area contributed by atoms with Crippen LogP contribution in [0.15, 0.2) is 42.5 Å². The van der Waals surface area contributed by atoms with Crippen molar-refractivity contribution in [1.29, 1.82) is 0 Å². The molecule has 30 heavy (non-hydrogen) atoms. The first-order chi connectivity index (χ1) is 14.0. The van der Waals surface area contributed by atoms with Crippen molar-refractivity contribution in [3.63, 3.8) is 0 Å². The van der Waals surface area contributed by atoms with Crippen molar-refractivity contribution in [3.05, 3.63) is 68.3 Å². The molecule has 0 aliphatic carbocycles. The summed E-state index contributed by atoms with van der Waals surface area (Å²) in [6.45, 7) is 1.39. The number of carbonyl (C=O) groups is 1. The fraction of sp³-hybridized carbons (Fsp3) is 0.188. The lowest BCUT2D eigenvalue weighted by Crippen LogP contribution is -2.48. The molecule has 0 aromatic heterocycles. The van der Waals surface area contributed by atoms with Crippen LogP contribution in [0.5, 0.6) is 0 Å². The molecular formula is C16H14F3N5O6. The van der Waals surface area contributed by atoms with E-state index in [9.17, 15) is 43.4 Å². The van der Waals surface area contributed by atoms with Gasteiger partial charge in [0.25, 0.3) is 5.91 Å². The van der Waals surface area contributed by atoms with Gasteiger partial charge in [0.15, 0.2) is 0 Å². The number of rotatable bonds is 7. The Bertz CT molecular complexity index is 935. The van der Waals surface area contributed by atoms with Gasteiger partial charge in [-0.05, 0) is 12.1 Å². The number of benzene rings is 2. The van der Waals surface area contributed by atoms with Gasteiger partial charge in [-0.1, -0.05) is 25.1 Å². The lowest BCUT2D eigenvalue weighted by molar-refractivity contribution is -0.392. The number of anilines is 2. The van der Waals surface area contributed by atoms with E-state index in [0.717, 1.165) is 0 Å². The molecule has 14 heteroatoms. The van der Waals surface area contributed by atoms with Crippen LogP contribution in [0.2, 0.25) is 0 Å². The Morgan fingerprint density at radius 2 is 1.60 bits per heavy atom. The maximum Gasteiger partial charge on any atom is 0.416 e. The lowest BCUT2D eigenvalue weighted by atomic mass is 10.1. The standard InChI is InChI=1S/C16H14F3N5O6/c1-2-14(25)22(26)21(11-6-4-3-5-7-11)20-15-12(23(27)28)8-10(16(17,18)19)9-13(15)24(29)30/h3-9,20,26H,2H2,1H3. The first-order valence-corrected chi connectivity index (χ1v) is 8.15. The van der Waals surface area contributed by atoms with Crippen molar-refractivity contribution in [3.8, 4) is 0 Å². The van der Waals surface area contributed by atoms with E-state index in [2.05, 4.69) is 5.43 Å². The predicted octanol–water partition coefficient (Wildman–Crippen LogP) is 3.90. The Morgan fingerprint density at radius 3 is 2.00 bits per heavy atom. The average molecular weight is 429 g/mol. The minimum atomic E-state index is -5.09. The summed E-state index contributed by atoms with van der Waals surface area (Å²) >= 11 is 0. The van der Waals surface area contributed by atoms with Crippen molar-refractivity contribution >= 4 is 28.7 Å². The summed E-state index contributed by atoms with van der Waals surface area (Å²) in [6.07, 6.45) is -5.31. The second kappa shape index (κ2) is 8.60. The third-order valence-electron chi connectivity index (χ3n) is 3.75. The number of hydroxylamine groups is 1. The monoisotopic (exact) mass is 429 g/mol. The SMILES string of the molecule is CCC(=O)N(O)N(Nc1c([N+](=O)[O-])cc(C(F)(F)F)cc1[N+](=O)[O-])c1ccccc1. The van der Waals surface area contributed by atoms with Crippen molar-refractivity contribution < 1.29 is 33.0 Å². The predicted molar refractivity (Wildman–Crippen MR) is 96.2 cm³/mol. The first-order valence-electron chi connectivity index (χ1n) is 8.15. The zero-order valence-corrected chi connectivity index (χ0v) is 15.2. The lowest BCUT2D eigenvalue weighted by Gasteiger charge is -2.31. The van der Waals surface area contributed by atoms with Gasteiger partial charge in [0.2, 0.25) is 5.69 Å². The van der Waals surface area contributed by atoms with Crippen molar-refractivity contribution in [2.75, 3.05) is 10.5 Å². The number of halogens is 3. The van der Waals surface area contributed by atoms with Crippen LogP contribution in [0.1, 0.15) is 18.9 Å². The number of carbonyl (C=O) groups excluding carboxylic acids is 1. The van der Waals surface area contributed by atoms with Gasteiger partial charge in [-0.15, -0.1) is 5.17 Å². The summed E-state index contributed by atoms with van der Waals surface area (Å²) in [5.41, 5.74) is -3.01. The number of amides is 1. The molecule has 0 saturated carbocycles. The number of hydrazine groups is 2. The highest BCUT2D eigenvalue weighted by Gasteiger charge is 2.38. The van der Waals surface area contributed by atoms with E-state index in [1.807, 2.05) is 0 Å². The summed E-state index contributed by atoms with van der Waals surface area (Å²) in [5.74, 6) is -0.913. The summed E-state index contributed by atoms with van der Waals surface area (Å²) in [5, 5.41) is 33.4. The van der Waals surface area contributed by atoms with E-state index >= 15 is 0 Å². The largest absolute Gasteiger partial charge is 0.416 e. The first kappa shape index (κ1) is 22.4. The van der Waals surface area contributed by atoms with Crippen LogP contribution >= 0.6 is 0 Å². The quantitative estimate of drug-likeness (QED) is 0.383. The van der Waals surface area contributed by atoms with Gasteiger partial charge >= 0.3 is 17.6 Å². The molecule has 0 unspecified atom stereocenters. The Morgan fingerprint density at radius 1 is 1.10 bits per heavy atom. The maximum absolute atomic E-state index is 13.0. The molecule has 2 rings (SSSR count). The van der Waals surface area contributed by atoms with E-state index in [1.54, 1.807) is 6.07 Å². The van der Waals surface area contributed by atoms with Crippen molar-refractivity contribution in [1.82, 2.24) is 5.17 Å². The number of alkyl halides is 3. The Balaban J connectivity index is 2.71. The molecule has 0 aliphatic rings. The van der Waals surface area contributed by atoms with Crippen molar-refractivity contribution in [2.45, 2.75) is 19.5 Å². The third-order valence-corrected chi connectivity index (χ3v) is 3.75. The number of nitro groups is 2. The number of nitrogens with one attached hydrogen (secondary N) is 1. The molecule has 0 bridgehead atoms. The Hall–Kier alpha value is -3.94. The normalized spacial score (nSPS) is 11.0. The molecule has 2 N–H and O–H groups in total. The van der Waals surface area contributed by atoms with Gasteiger partial charge in [0.05, 0.1) is 21.1 Å². The van der Waals surface area contributed by atoms with Gasteiger partial charge in [-0.2, -0.15) is 18.3 Å². The molecule has 2 aromatic rings. The van der Waals surface area contributed by atoms with E-state index in [1.165, 1.54) is 31.2 Å². The zero-order chi connectivity index (χ0) is 22.6. The van der Waals surface area contributed by atoms with Crippen LogP contribution in [0.25, 0.3) is 0 Å². The molecule has 0 radical (unpaired) electrons. The molecule has 0 aliphatic heterocycles. The molecule has 1 amide bonds. The zero-order valence-electron chi connectivity index (χ0n) is 15.2. The van der Waals surface area contributed by atoms with E-state index in [-0.39, 0.29) is 29.4 Å². The maximum atomic E-state index is 13.0. The number of hydrogen-bond donors (Lipinski definition) is 2. The summed E-state index contributed by atoms with van der Waals surface area (Å²) in [6, 6.07) is 7.38.